The van der Waals surface area contributed by atoms with E-state index in [4.69, 9.17) is 14.2 Å². The molecular formula is C27H30O12. The summed E-state index contributed by atoms with van der Waals surface area (Å²) in [6.45, 7) is 13.3. The van der Waals surface area contributed by atoms with Crippen molar-refractivity contribution in [3.63, 3.8) is 0 Å². The van der Waals surface area contributed by atoms with Gasteiger partial charge in [-0.05, 0) is 57.2 Å². The minimum atomic E-state index is -1.73. The molecule has 1 aromatic rings. The van der Waals surface area contributed by atoms with Crippen LogP contribution in [0.2, 0.25) is 0 Å². The highest BCUT2D eigenvalue weighted by atomic mass is 16.6. The van der Waals surface area contributed by atoms with Crippen molar-refractivity contribution < 1.29 is 58.3 Å². The molecule has 0 radical (unpaired) electrons. The minimum absolute atomic E-state index is 0.390. The Labute approximate surface area is 224 Å². The normalized spacial score (nSPS) is 15.2. The monoisotopic (exact) mass is 546 g/mol. The van der Waals surface area contributed by atoms with Crippen LogP contribution in [0.3, 0.4) is 0 Å². The van der Waals surface area contributed by atoms with Crippen molar-refractivity contribution in [3.05, 3.63) is 72.9 Å². The molecule has 39 heavy (non-hydrogen) atoms. The molecule has 0 fully saturated rings. The molecule has 0 saturated carbocycles. The number of hydrogen-bond acceptors (Lipinski definition) is 12. The van der Waals surface area contributed by atoms with Crippen molar-refractivity contribution in [2.45, 2.75) is 57.4 Å². The van der Waals surface area contributed by atoms with Gasteiger partial charge in [-0.2, -0.15) is 0 Å². The van der Waals surface area contributed by atoms with Gasteiger partial charge in [0.25, 0.3) is 0 Å². The van der Waals surface area contributed by atoms with E-state index in [9.17, 15) is 44.1 Å². The van der Waals surface area contributed by atoms with Gasteiger partial charge in [0.1, 0.15) is 0 Å². The summed E-state index contributed by atoms with van der Waals surface area (Å²) in [6.07, 6.45) is -6.98. The molecule has 1 rings (SSSR count). The van der Waals surface area contributed by atoms with Crippen LogP contribution in [0.1, 0.15) is 51.8 Å². The van der Waals surface area contributed by atoms with Crippen molar-refractivity contribution >= 4 is 35.3 Å². The van der Waals surface area contributed by atoms with E-state index < -0.39 is 83.0 Å². The summed E-state index contributed by atoms with van der Waals surface area (Å²) in [6, 6.07) is 2.77. The Kier molecular flexibility index (Phi) is 12.3. The first-order chi connectivity index (χ1) is 18.2. The number of aliphatic hydroxyl groups excluding tert-OH is 3. The summed E-state index contributed by atoms with van der Waals surface area (Å²) in [5.41, 5.74) is -1.60. The van der Waals surface area contributed by atoms with Gasteiger partial charge in [0.2, 0.25) is 0 Å². The topological polar surface area (TPSA) is 191 Å². The Bertz CT molecular complexity index is 1160. The summed E-state index contributed by atoms with van der Waals surface area (Å²) >= 11 is 0. The van der Waals surface area contributed by atoms with E-state index in [2.05, 4.69) is 19.7 Å². The van der Waals surface area contributed by atoms with Crippen molar-refractivity contribution in [2.24, 2.45) is 0 Å². The summed E-state index contributed by atoms with van der Waals surface area (Å²) in [7, 11) is 0. The fourth-order valence-corrected chi connectivity index (χ4v) is 3.09. The van der Waals surface area contributed by atoms with Crippen LogP contribution in [-0.2, 0) is 28.6 Å². The zero-order valence-corrected chi connectivity index (χ0v) is 21.6. The molecule has 0 heterocycles. The maximum absolute atomic E-state index is 13.1. The molecule has 0 amide bonds. The van der Waals surface area contributed by atoms with Gasteiger partial charge in [-0.3, -0.25) is 14.4 Å². The lowest BCUT2D eigenvalue weighted by Gasteiger charge is -2.21. The predicted octanol–water partition coefficient (Wildman–Crippen LogP) is 0.670. The molecule has 0 aromatic heterocycles. The Morgan fingerprint density at radius 3 is 1.28 bits per heavy atom. The fourth-order valence-electron chi connectivity index (χ4n) is 3.09. The first kappa shape index (κ1) is 32.8. The molecule has 0 bridgehead atoms. The van der Waals surface area contributed by atoms with E-state index in [1.165, 1.54) is 13.8 Å². The highest BCUT2D eigenvalue weighted by Gasteiger charge is 2.33. The van der Waals surface area contributed by atoms with Crippen LogP contribution >= 0.6 is 0 Å². The average molecular weight is 547 g/mol. The van der Waals surface area contributed by atoms with Crippen LogP contribution in [0.15, 0.2) is 56.2 Å². The van der Waals surface area contributed by atoms with Crippen LogP contribution in [0.4, 0.5) is 0 Å². The second-order valence-electron chi connectivity index (χ2n) is 8.28. The molecule has 210 valence electrons. The zero-order chi connectivity index (χ0) is 30.0. The number of aliphatic hydroxyl groups is 3. The number of esters is 3. The molecule has 3 N–H and O–H groups in total. The van der Waals surface area contributed by atoms with Gasteiger partial charge in [-0.15, -0.1) is 0 Å². The van der Waals surface area contributed by atoms with E-state index >= 15 is 0 Å². The Balaban J connectivity index is 3.59. The lowest BCUT2D eigenvalue weighted by molar-refractivity contribution is -0.128. The van der Waals surface area contributed by atoms with Crippen LogP contribution in [0, 0.1) is 0 Å². The van der Waals surface area contributed by atoms with Gasteiger partial charge in [0.05, 0.1) is 35.0 Å². The van der Waals surface area contributed by atoms with Gasteiger partial charge in [-0.25, -0.2) is 14.4 Å². The number of carbonyl (C=O) groups is 6. The molecule has 0 aliphatic heterocycles. The van der Waals surface area contributed by atoms with E-state index in [-0.39, 0.29) is 5.56 Å². The number of ether oxygens (including phenoxy) is 3. The molecule has 0 aliphatic carbocycles. The molecule has 1 aromatic carbocycles. The maximum atomic E-state index is 13.1. The van der Waals surface area contributed by atoms with E-state index in [1.54, 1.807) is 0 Å². The van der Waals surface area contributed by atoms with Gasteiger partial charge in [0, 0.05) is 0 Å². The summed E-state index contributed by atoms with van der Waals surface area (Å²) < 4.78 is 15.1. The Morgan fingerprint density at radius 1 is 0.615 bits per heavy atom. The minimum Gasteiger partial charge on any atom is -0.448 e. The summed E-state index contributed by atoms with van der Waals surface area (Å²) in [5, 5.41) is 29.5. The number of carbonyl (C=O) groups excluding carboxylic acids is 6. The smallest absolute Gasteiger partial charge is 0.339 e. The van der Waals surface area contributed by atoms with E-state index in [0.717, 1.165) is 43.4 Å². The van der Waals surface area contributed by atoms with Gasteiger partial charge < -0.3 is 29.5 Å². The van der Waals surface area contributed by atoms with Crippen molar-refractivity contribution in [2.75, 3.05) is 0 Å². The van der Waals surface area contributed by atoms with Crippen molar-refractivity contribution in [1.82, 2.24) is 0 Å². The third-order valence-corrected chi connectivity index (χ3v) is 5.16. The third-order valence-electron chi connectivity index (χ3n) is 5.16. The first-order valence-corrected chi connectivity index (χ1v) is 11.5. The zero-order valence-electron chi connectivity index (χ0n) is 21.6. The molecular weight excluding hydrogens is 516 g/mol. The second-order valence-corrected chi connectivity index (χ2v) is 8.28. The predicted molar refractivity (Wildman–Crippen MR) is 135 cm³/mol. The Morgan fingerprint density at radius 2 is 0.949 bits per heavy atom. The standard InChI is InChI=1S/C27H30O12/c1-7-19(31)22(13(4)28)37-25(34)16-10-11-17(26(35)38-23(14(5)29)20(32)8-2)18(12-16)27(36)39-24(15(6)30)21(33)9-3/h7-15,22-24,28-30H,1-3H2,4-6H3. The van der Waals surface area contributed by atoms with Gasteiger partial charge >= 0.3 is 17.9 Å². The molecule has 6 unspecified atom stereocenters. The molecule has 0 aliphatic rings. The summed E-state index contributed by atoms with van der Waals surface area (Å²) in [5.74, 6) is -6.37. The number of benzene rings is 1. The van der Waals surface area contributed by atoms with E-state index in [1.807, 2.05) is 0 Å². The molecule has 0 saturated heterocycles. The summed E-state index contributed by atoms with van der Waals surface area (Å²) in [4.78, 5) is 74.7. The van der Waals surface area contributed by atoms with E-state index in [0.29, 0.717) is 0 Å². The molecule has 12 nitrogen and oxygen atoms in total. The van der Waals surface area contributed by atoms with Gasteiger partial charge in [-0.1, -0.05) is 19.7 Å². The highest BCUT2D eigenvalue weighted by Crippen LogP contribution is 2.20. The third kappa shape index (κ3) is 8.64. The molecule has 12 heteroatoms. The second kappa shape index (κ2) is 14.6. The number of ketones is 3. The quantitative estimate of drug-likeness (QED) is 0.159. The van der Waals surface area contributed by atoms with Crippen LogP contribution in [0.25, 0.3) is 0 Å². The van der Waals surface area contributed by atoms with Crippen molar-refractivity contribution in [1.29, 1.82) is 0 Å². The highest BCUT2D eigenvalue weighted by molar-refractivity contribution is 6.07. The van der Waals surface area contributed by atoms with Crippen LogP contribution < -0.4 is 0 Å². The largest absolute Gasteiger partial charge is 0.448 e. The lowest BCUT2D eigenvalue weighted by Crippen LogP contribution is -2.37. The maximum Gasteiger partial charge on any atom is 0.339 e. The molecule has 0 spiro atoms. The number of rotatable bonds is 15. The Hall–Kier alpha value is -4.26. The SMILES string of the molecule is C=CC(=O)C(OC(=O)c1ccc(C(=O)OC(C(=O)C=C)C(C)O)c(C(=O)OC(C(=O)C=C)C(C)O)c1)C(C)O. The number of hydrogen-bond donors (Lipinski definition) is 3. The first-order valence-electron chi connectivity index (χ1n) is 11.5. The average Bonchev–Trinajstić information content (AvgIpc) is 2.90. The fraction of sp³-hybridized carbons (Fsp3) is 0.333. The lowest BCUT2D eigenvalue weighted by atomic mass is 10.0. The van der Waals surface area contributed by atoms with Crippen LogP contribution in [-0.4, -0.2) is 87.2 Å². The van der Waals surface area contributed by atoms with Crippen molar-refractivity contribution in [3.8, 4) is 0 Å². The van der Waals surface area contributed by atoms with Gasteiger partial charge in [0.15, 0.2) is 35.7 Å². The van der Waals surface area contributed by atoms with Crippen LogP contribution in [0.5, 0.6) is 0 Å². The molecule has 6 atom stereocenters.